The van der Waals surface area contributed by atoms with Crippen LogP contribution in [0.3, 0.4) is 0 Å². The summed E-state index contributed by atoms with van der Waals surface area (Å²) in [7, 11) is 0. The average molecular weight is 337 g/mol. The Kier molecular flexibility index (Phi) is 5.18. The average Bonchev–Trinajstić information content (AvgIpc) is 2.61. The second-order valence-electron chi connectivity index (χ2n) is 5.84. The monoisotopic (exact) mass is 337 g/mol. The van der Waals surface area contributed by atoms with Crippen LogP contribution in [0, 0.1) is 19.7 Å². The van der Waals surface area contributed by atoms with Crippen molar-refractivity contribution in [2.45, 2.75) is 20.3 Å². The van der Waals surface area contributed by atoms with E-state index in [1.807, 2.05) is 12.1 Å². The number of rotatable bonds is 6. The van der Waals surface area contributed by atoms with Crippen LogP contribution in [0.4, 0.5) is 21.8 Å². The van der Waals surface area contributed by atoms with E-state index >= 15 is 0 Å². The zero-order valence-corrected chi connectivity index (χ0v) is 14.3. The first-order valence-corrected chi connectivity index (χ1v) is 8.13. The Balaban J connectivity index is 1.61. The zero-order chi connectivity index (χ0) is 17.6. The lowest BCUT2D eigenvalue weighted by atomic mass is 10.1. The lowest BCUT2D eigenvalue weighted by Gasteiger charge is -2.11. The lowest BCUT2D eigenvalue weighted by molar-refractivity contribution is 0.627. The van der Waals surface area contributed by atoms with E-state index in [0.29, 0.717) is 18.3 Å². The van der Waals surface area contributed by atoms with Crippen LogP contribution >= 0.6 is 0 Å². The fourth-order valence-corrected chi connectivity index (χ4v) is 2.43. The van der Waals surface area contributed by atoms with Crippen LogP contribution < -0.4 is 10.6 Å². The van der Waals surface area contributed by atoms with Crippen LogP contribution in [-0.2, 0) is 6.42 Å². The third-order valence-corrected chi connectivity index (χ3v) is 4.04. The summed E-state index contributed by atoms with van der Waals surface area (Å²) >= 11 is 0. The van der Waals surface area contributed by atoms with Crippen LogP contribution in [0.25, 0.3) is 0 Å². The SMILES string of the molecule is Cc1cccc(Nc2cnnc(NCCc3ccc(F)cc3)n2)c1C. The summed E-state index contributed by atoms with van der Waals surface area (Å²) in [5.41, 5.74) is 4.43. The molecule has 0 aliphatic heterocycles. The van der Waals surface area contributed by atoms with Crippen molar-refractivity contribution in [3.8, 4) is 0 Å². The summed E-state index contributed by atoms with van der Waals surface area (Å²) < 4.78 is 12.9. The highest BCUT2D eigenvalue weighted by molar-refractivity contribution is 5.61. The molecule has 5 nitrogen and oxygen atoms in total. The van der Waals surface area contributed by atoms with Gasteiger partial charge in [-0.15, -0.1) is 5.10 Å². The Hall–Kier alpha value is -3.02. The van der Waals surface area contributed by atoms with Crippen molar-refractivity contribution in [3.63, 3.8) is 0 Å². The van der Waals surface area contributed by atoms with Crippen LogP contribution in [-0.4, -0.2) is 21.7 Å². The fourth-order valence-electron chi connectivity index (χ4n) is 2.43. The Morgan fingerprint density at radius 3 is 2.64 bits per heavy atom. The largest absolute Gasteiger partial charge is 0.353 e. The fraction of sp³-hybridized carbons (Fsp3) is 0.211. The molecule has 3 rings (SSSR count). The first-order chi connectivity index (χ1) is 12.1. The molecule has 0 fully saturated rings. The quantitative estimate of drug-likeness (QED) is 0.711. The summed E-state index contributed by atoms with van der Waals surface area (Å²) in [5.74, 6) is 0.861. The zero-order valence-electron chi connectivity index (χ0n) is 14.3. The lowest BCUT2D eigenvalue weighted by Crippen LogP contribution is -2.10. The molecular weight excluding hydrogens is 317 g/mol. The third-order valence-electron chi connectivity index (χ3n) is 4.04. The van der Waals surface area contributed by atoms with Gasteiger partial charge in [-0.2, -0.15) is 10.1 Å². The topological polar surface area (TPSA) is 62.7 Å². The molecule has 0 radical (unpaired) electrons. The third kappa shape index (κ3) is 4.50. The van der Waals surface area contributed by atoms with E-state index in [4.69, 9.17) is 0 Å². The van der Waals surface area contributed by atoms with E-state index < -0.39 is 0 Å². The summed E-state index contributed by atoms with van der Waals surface area (Å²) in [6, 6.07) is 12.5. The minimum atomic E-state index is -0.227. The van der Waals surface area contributed by atoms with Crippen molar-refractivity contribution in [1.82, 2.24) is 15.2 Å². The number of aromatic nitrogens is 3. The van der Waals surface area contributed by atoms with Gasteiger partial charge < -0.3 is 10.6 Å². The number of nitrogens with one attached hydrogen (secondary N) is 2. The summed E-state index contributed by atoms with van der Waals surface area (Å²) in [4.78, 5) is 4.43. The van der Waals surface area contributed by atoms with Crippen molar-refractivity contribution in [2.24, 2.45) is 0 Å². The predicted octanol–water partition coefficient (Wildman–Crippen LogP) is 4.03. The van der Waals surface area contributed by atoms with Crippen molar-refractivity contribution in [2.75, 3.05) is 17.2 Å². The number of hydrogen-bond acceptors (Lipinski definition) is 5. The Morgan fingerprint density at radius 1 is 1.04 bits per heavy atom. The number of hydrogen-bond donors (Lipinski definition) is 2. The van der Waals surface area contributed by atoms with E-state index in [2.05, 4.69) is 45.7 Å². The molecule has 0 spiro atoms. The van der Waals surface area contributed by atoms with Crippen molar-refractivity contribution in [3.05, 3.63) is 71.2 Å². The molecule has 6 heteroatoms. The second kappa shape index (κ2) is 7.70. The predicted molar refractivity (Wildman–Crippen MR) is 97.6 cm³/mol. The van der Waals surface area contributed by atoms with Gasteiger partial charge in [0.2, 0.25) is 5.95 Å². The summed E-state index contributed by atoms with van der Waals surface area (Å²) in [5, 5.41) is 14.4. The Morgan fingerprint density at radius 2 is 1.84 bits per heavy atom. The number of nitrogens with zero attached hydrogens (tertiary/aromatic N) is 3. The van der Waals surface area contributed by atoms with Gasteiger partial charge in [-0.05, 0) is 55.2 Å². The van der Waals surface area contributed by atoms with Gasteiger partial charge in [-0.3, -0.25) is 0 Å². The smallest absolute Gasteiger partial charge is 0.244 e. The molecule has 1 aromatic heterocycles. The van der Waals surface area contributed by atoms with Gasteiger partial charge in [-0.25, -0.2) is 4.39 Å². The molecule has 0 aliphatic carbocycles. The van der Waals surface area contributed by atoms with E-state index in [1.165, 1.54) is 23.3 Å². The van der Waals surface area contributed by atoms with E-state index in [-0.39, 0.29) is 5.82 Å². The molecule has 0 atom stereocenters. The molecule has 128 valence electrons. The molecule has 3 aromatic rings. The van der Waals surface area contributed by atoms with Gasteiger partial charge in [0.05, 0.1) is 6.20 Å². The van der Waals surface area contributed by atoms with Crippen LogP contribution in [0.2, 0.25) is 0 Å². The maximum Gasteiger partial charge on any atom is 0.244 e. The van der Waals surface area contributed by atoms with Gasteiger partial charge in [0, 0.05) is 12.2 Å². The minimum Gasteiger partial charge on any atom is -0.353 e. The van der Waals surface area contributed by atoms with Crippen LogP contribution in [0.5, 0.6) is 0 Å². The summed E-state index contributed by atoms with van der Waals surface area (Å²) in [6.45, 7) is 4.77. The van der Waals surface area contributed by atoms with Crippen molar-refractivity contribution < 1.29 is 4.39 Å². The number of halogens is 1. The molecule has 1 heterocycles. The Labute approximate surface area is 146 Å². The molecule has 2 aromatic carbocycles. The van der Waals surface area contributed by atoms with Gasteiger partial charge in [-0.1, -0.05) is 24.3 Å². The molecule has 0 unspecified atom stereocenters. The molecule has 0 saturated heterocycles. The number of aryl methyl sites for hydroxylation is 1. The van der Waals surface area contributed by atoms with Crippen LogP contribution in [0.15, 0.2) is 48.7 Å². The molecule has 0 saturated carbocycles. The highest BCUT2D eigenvalue weighted by Crippen LogP contribution is 2.21. The normalized spacial score (nSPS) is 10.5. The molecule has 25 heavy (non-hydrogen) atoms. The van der Waals surface area contributed by atoms with Gasteiger partial charge in [0.1, 0.15) is 5.82 Å². The van der Waals surface area contributed by atoms with Gasteiger partial charge in [0.15, 0.2) is 5.82 Å². The van der Waals surface area contributed by atoms with Crippen molar-refractivity contribution >= 4 is 17.5 Å². The van der Waals surface area contributed by atoms with E-state index in [1.54, 1.807) is 18.3 Å². The number of benzene rings is 2. The highest BCUT2D eigenvalue weighted by atomic mass is 19.1. The minimum absolute atomic E-state index is 0.227. The second-order valence-corrected chi connectivity index (χ2v) is 5.84. The van der Waals surface area contributed by atoms with Gasteiger partial charge in [0.25, 0.3) is 0 Å². The van der Waals surface area contributed by atoms with Crippen LogP contribution in [0.1, 0.15) is 16.7 Å². The molecular formula is C19H20FN5. The molecule has 2 N–H and O–H groups in total. The maximum atomic E-state index is 12.9. The molecule has 0 aliphatic rings. The van der Waals surface area contributed by atoms with Gasteiger partial charge >= 0.3 is 0 Å². The molecule has 0 bridgehead atoms. The maximum absolute atomic E-state index is 12.9. The highest BCUT2D eigenvalue weighted by Gasteiger charge is 2.04. The summed E-state index contributed by atoms with van der Waals surface area (Å²) in [6.07, 6.45) is 2.34. The Bertz CT molecular complexity index is 849. The molecule has 0 amide bonds. The number of anilines is 3. The van der Waals surface area contributed by atoms with E-state index in [0.717, 1.165) is 17.7 Å². The first kappa shape index (κ1) is 16.8. The van der Waals surface area contributed by atoms with E-state index in [9.17, 15) is 4.39 Å². The van der Waals surface area contributed by atoms with Crippen molar-refractivity contribution in [1.29, 1.82) is 0 Å². The standard InChI is InChI=1S/C19H20FN5/c1-13-4-3-5-17(14(13)2)23-18-12-22-25-19(24-18)21-11-10-15-6-8-16(20)9-7-15/h3-9,12H,10-11H2,1-2H3,(H2,21,23,24,25). The first-order valence-electron chi connectivity index (χ1n) is 8.13.